The second kappa shape index (κ2) is 8.52. The number of amides is 2. The first-order chi connectivity index (χ1) is 14.9. The van der Waals surface area contributed by atoms with Gasteiger partial charge in [-0.15, -0.1) is 0 Å². The Morgan fingerprint density at radius 2 is 1.65 bits per heavy atom. The molecule has 1 heterocycles. The largest absolute Gasteiger partial charge is 0.322 e. The highest BCUT2D eigenvalue weighted by Gasteiger charge is 2.24. The Morgan fingerprint density at radius 1 is 0.903 bits per heavy atom. The van der Waals surface area contributed by atoms with Gasteiger partial charge in [0.15, 0.2) is 5.78 Å². The molecule has 0 spiro atoms. The molecule has 1 aliphatic rings. The molecule has 0 atom stereocenters. The van der Waals surface area contributed by atoms with E-state index in [0.717, 1.165) is 24.1 Å². The lowest BCUT2D eigenvalue weighted by atomic mass is 9.98. The number of carbonyl (C=O) groups is 3. The SMILES string of the molecule is CC(=O)c1cccc(NC(=O)c2ccc3c(c2)CCCN3C(=O)c2ccc(F)cc2)c1. The number of fused-ring (bicyclic) bond motifs is 1. The van der Waals surface area contributed by atoms with Gasteiger partial charge in [0.05, 0.1) is 0 Å². The van der Waals surface area contributed by atoms with Gasteiger partial charge in [-0.3, -0.25) is 14.4 Å². The summed E-state index contributed by atoms with van der Waals surface area (Å²) in [7, 11) is 0. The molecule has 3 aromatic carbocycles. The van der Waals surface area contributed by atoms with E-state index in [9.17, 15) is 18.8 Å². The number of halogens is 1. The number of carbonyl (C=O) groups excluding carboxylic acids is 3. The molecule has 5 nitrogen and oxygen atoms in total. The van der Waals surface area contributed by atoms with Gasteiger partial charge in [-0.25, -0.2) is 4.39 Å². The van der Waals surface area contributed by atoms with Crippen LogP contribution in [0.15, 0.2) is 66.7 Å². The highest BCUT2D eigenvalue weighted by molar-refractivity contribution is 6.08. The van der Waals surface area contributed by atoms with Crippen LogP contribution in [0.4, 0.5) is 15.8 Å². The average Bonchev–Trinajstić information content (AvgIpc) is 2.78. The van der Waals surface area contributed by atoms with Crippen molar-refractivity contribution in [1.29, 1.82) is 0 Å². The Bertz CT molecular complexity index is 1170. The fourth-order valence-corrected chi connectivity index (χ4v) is 3.72. The van der Waals surface area contributed by atoms with Gasteiger partial charge in [-0.05, 0) is 79.9 Å². The monoisotopic (exact) mass is 416 g/mol. The lowest BCUT2D eigenvalue weighted by molar-refractivity contribution is 0.0982. The number of ketones is 1. The second-order valence-electron chi connectivity index (χ2n) is 7.50. The van der Waals surface area contributed by atoms with E-state index in [2.05, 4.69) is 5.32 Å². The first-order valence-electron chi connectivity index (χ1n) is 10.0. The normalized spacial score (nSPS) is 12.8. The van der Waals surface area contributed by atoms with Gasteiger partial charge in [0.1, 0.15) is 5.82 Å². The number of rotatable bonds is 4. The van der Waals surface area contributed by atoms with Crippen LogP contribution >= 0.6 is 0 Å². The van der Waals surface area contributed by atoms with E-state index in [0.29, 0.717) is 28.9 Å². The summed E-state index contributed by atoms with van der Waals surface area (Å²) in [5, 5.41) is 2.82. The highest BCUT2D eigenvalue weighted by atomic mass is 19.1. The van der Waals surface area contributed by atoms with Crippen LogP contribution < -0.4 is 10.2 Å². The lowest BCUT2D eigenvalue weighted by Crippen LogP contribution is -2.35. The van der Waals surface area contributed by atoms with Crippen LogP contribution in [-0.2, 0) is 6.42 Å². The molecule has 0 aliphatic carbocycles. The highest BCUT2D eigenvalue weighted by Crippen LogP contribution is 2.30. The van der Waals surface area contributed by atoms with Gasteiger partial charge < -0.3 is 10.2 Å². The summed E-state index contributed by atoms with van der Waals surface area (Å²) in [4.78, 5) is 38.9. The maximum Gasteiger partial charge on any atom is 0.258 e. The van der Waals surface area contributed by atoms with E-state index < -0.39 is 0 Å². The number of aryl methyl sites for hydroxylation is 1. The van der Waals surface area contributed by atoms with Crippen LogP contribution in [0.1, 0.15) is 50.0 Å². The van der Waals surface area contributed by atoms with Crippen molar-refractivity contribution in [1.82, 2.24) is 0 Å². The molecule has 4 rings (SSSR count). The van der Waals surface area contributed by atoms with Gasteiger partial charge in [0, 0.05) is 34.6 Å². The van der Waals surface area contributed by atoms with Crippen LogP contribution in [0.3, 0.4) is 0 Å². The summed E-state index contributed by atoms with van der Waals surface area (Å²) < 4.78 is 13.2. The summed E-state index contributed by atoms with van der Waals surface area (Å²) in [6, 6.07) is 17.5. The number of nitrogens with one attached hydrogen (secondary N) is 1. The van der Waals surface area contributed by atoms with E-state index in [1.807, 2.05) is 0 Å². The third kappa shape index (κ3) is 4.38. The van der Waals surface area contributed by atoms with Gasteiger partial charge in [-0.2, -0.15) is 0 Å². The van der Waals surface area contributed by atoms with Crippen molar-refractivity contribution >= 4 is 29.0 Å². The van der Waals surface area contributed by atoms with E-state index in [-0.39, 0.29) is 23.4 Å². The van der Waals surface area contributed by atoms with E-state index in [1.165, 1.54) is 31.2 Å². The van der Waals surface area contributed by atoms with Crippen LogP contribution in [0, 0.1) is 5.82 Å². The van der Waals surface area contributed by atoms with Crippen molar-refractivity contribution in [2.24, 2.45) is 0 Å². The molecule has 0 radical (unpaired) electrons. The summed E-state index contributed by atoms with van der Waals surface area (Å²) in [5.41, 5.74) is 3.63. The summed E-state index contributed by atoms with van der Waals surface area (Å²) in [6.07, 6.45) is 1.52. The minimum absolute atomic E-state index is 0.0733. The predicted molar refractivity (Wildman–Crippen MR) is 117 cm³/mol. The number of Topliss-reactive ketones (excluding diaryl/α,β-unsaturated/α-hetero) is 1. The number of nitrogens with zero attached hydrogens (tertiary/aromatic N) is 1. The van der Waals surface area contributed by atoms with Crippen LogP contribution in [0.25, 0.3) is 0 Å². The van der Waals surface area contributed by atoms with Crippen LogP contribution in [0.2, 0.25) is 0 Å². The topological polar surface area (TPSA) is 66.5 Å². The van der Waals surface area contributed by atoms with Crippen molar-refractivity contribution in [3.8, 4) is 0 Å². The zero-order valence-corrected chi connectivity index (χ0v) is 17.0. The van der Waals surface area contributed by atoms with Gasteiger partial charge in [-0.1, -0.05) is 12.1 Å². The molecule has 31 heavy (non-hydrogen) atoms. The van der Waals surface area contributed by atoms with E-state index in [1.54, 1.807) is 47.4 Å². The standard InChI is InChI=1S/C25H21FN2O3/c1-16(29)18-4-2-6-22(15-18)27-24(30)20-9-12-23-19(14-20)5-3-13-28(23)25(31)17-7-10-21(26)11-8-17/h2,4,6-12,14-15H,3,5,13H2,1H3,(H,27,30). The average molecular weight is 416 g/mol. The molecule has 6 heteroatoms. The zero-order valence-electron chi connectivity index (χ0n) is 17.0. The molecule has 156 valence electrons. The molecule has 0 aromatic heterocycles. The first-order valence-corrected chi connectivity index (χ1v) is 10.0. The second-order valence-corrected chi connectivity index (χ2v) is 7.50. The Morgan fingerprint density at radius 3 is 2.39 bits per heavy atom. The smallest absolute Gasteiger partial charge is 0.258 e. The van der Waals surface area contributed by atoms with Crippen molar-refractivity contribution in [3.05, 3.63) is 94.8 Å². The van der Waals surface area contributed by atoms with Gasteiger partial charge in [0.2, 0.25) is 0 Å². The molecule has 1 aliphatic heterocycles. The molecule has 3 aromatic rings. The predicted octanol–water partition coefficient (Wildman–Crippen LogP) is 4.87. The van der Waals surface area contributed by atoms with Crippen LogP contribution in [-0.4, -0.2) is 24.1 Å². The molecular weight excluding hydrogens is 395 g/mol. The first kappa shape index (κ1) is 20.5. The third-order valence-electron chi connectivity index (χ3n) is 5.32. The minimum Gasteiger partial charge on any atom is -0.322 e. The summed E-state index contributed by atoms with van der Waals surface area (Å²) in [5.74, 6) is -0.944. The third-order valence-corrected chi connectivity index (χ3v) is 5.32. The lowest BCUT2D eigenvalue weighted by Gasteiger charge is -2.30. The minimum atomic E-state index is -0.389. The zero-order chi connectivity index (χ0) is 22.0. The number of hydrogen-bond acceptors (Lipinski definition) is 3. The Kier molecular flexibility index (Phi) is 5.62. The molecule has 0 saturated heterocycles. The van der Waals surface area contributed by atoms with E-state index in [4.69, 9.17) is 0 Å². The molecular formula is C25H21FN2O3. The molecule has 0 fully saturated rings. The maximum absolute atomic E-state index is 13.2. The Labute approximate surface area is 179 Å². The van der Waals surface area contributed by atoms with E-state index >= 15 is 0 Å². The number of hydrogen-bond donors (Lipinski definition) is 1. The van der Waals surface area contributed by atoms with Crippen LogP contribution in [0.5, 0.6) is 0 Å². The number of anilines is 2. The summed E-state index contributed by atoms with van der Waals surface area (Å²) in [6.45, 7) is 2.04. The van der Waals surface area contributed by atoms with Gasteiger partial charge >= 0.3 is 0 Å². The fourth-order valence-electron chi connectivity index (χ4n) is 3.72. The number of benzene rings is 3. The molecule has 0 bridgehead atoms. The van der Waals surface area contributed by atoms with Crippen molar-refractivity contribution in [2.45, 2.75) is 19.8 Å². The molecule has 0 unspecified atom stereocenters. The van der Waals surface area contributed by atoms with Gasteiger partial charge in [0.25, 0.3) is 11.8 Å². The Hall–Kier alpha value is -3.80. The molecule has 1 N–H and O–H groups in total. The van der Waals surface area contributed by atoms with Crippen molar-refractivity contribution in [3.63, 3.8) is 0 Å². The molecule has 2 amide bonds. The van der Waals surface area contributed by atoms with Crippen molar-refractivity contribution in [2.75, 3.05) is 16.8 Å². The Balaban J connectivity index is 1.56. The fraction of sp³-hybridized carbons (Fsp3) is 0.160. The van der Waals surface area contributed by atoms with Crippen molar-refractivity contribution < 1.29 is 18.8 Å². The summed E-state index contributed by atoms with van der Waals surface area (Å²) >= 11 is 0. The molecule has 0 saturated carbocycles. The maximum atomic E-state index is 13.2. The quantitative estimate of drug-likeness (QED) is 0.617.